The van der Waals surface area contributed by atoms with Crippen LogP contribution < -0.4 is 5.32 Å². The number of nitrogens with one attached hydrogen (secondary N) is 1. The van der Waals surface area contributed by atoms with Gasteiger partial charge in [0, 0.05) is 23.9 Å². The fourth-order valence-electron chi connectivity index (χ4n) is 2.26. The summed E-state index contributed by atoms with van der Waals surface area (Å²) in [7, 11) is 0. The average molecular weight is 279 g/mol. The highest BCUT2D eigenvalue weighted by Crippen LogP contribution is 2.25. The quantitative estimate of drug-likeness (QED) is 0.779. The predicted octanol–water partition coefficient (Wildman–Crippen LogP) is 2.44. The summed E-state index contributed by atoms with van der Waals surface area (Å²) in [5.74, 6) is 0.721. The molecule has 0 amide bonds. The monoisotopic (exact) mass is 279 g/mol. The zero-order chi connectivity index (χ0) is 14.5. The van der Waals surface area contributed by atoms with Gasteiger partial charge in [0.15, 0.2) is 5.82 Å². The van der Waals surface area contributed by atoms with E-state index < -0.39 is 0 Å². The summed E-state index contributed by atoms with van der Waals surface area (Å²) in [6.45, 7) is 3.79. The van der Waals surface area contributed by atoms with Crippen LogP contribution in [0.4, 0.5) is 0 Å². The Morgan fingerprint density at radius 3 is 2.67 bits per heavy atom. The van der Waals surface area contributed by atoms with E-state index in [0.717, 1.165) is 35.7 Å². The molecular weight excluding hydrogens is 262 g/mol. The zero-order valence-corrected chi connectivity index (χ0v) is 11.9. The van der Waals surface area contributed by atoms with Crippen LogP contribution >= 0.6 is 0 Å². The molecule has 0 fully saturated rings. The van der Waals surface area contributed by atoms with Crippen LogP contribution in [0.2, 0.25) is 0 Å². The molecule has 2 heterocycles. The Morgan fingerprint density at radius 1 is 1.10 bits per heavy atom. The fourth-order valence-corrected chi connectivity index (χ4v) is 2.26. The molecule has 0 bridgehead atoms. The van der Waals surface area contributed by atoms with Crippen molar-refractivity contribution in [1.82, 2.24) is 25.3 Å². The van der Waals surface area contributed by atoms with Gasteiger partial charge in [-0.05, 0) is 18.7 Å². The summed E-state index contributed by atoms with van der Waals surface area (Å²) in [5, 5.41) is 15.9. The Morgan fingerprint density at radius 2 is 1.95 bits per heavy atom. The molecule has 21 heavy (non-hydrogen) atoms. The molecule has 0 aliphatic rings. The van der Waals surface area contributed by atoms with E-state index in [4.69, 9.17) is 0 Å². The second-order valence-electron chi connectivity index (χ2n) is 4.66. The summed E-state index contributed by atoms with van der Waals surface area (Å²) in [4.78, 5) is 0. The predicted molar refractivity (Wildman–Crippen MR) is 82.0 cm³/mol. The van der Waals surface area contributed by atoms with Gasteiger partial charge in [-0.15, -0.1) is 5.10 Å². The molecule has 0 aliphatic heterocycles. The van der Waals surface area contributed by atoms with Gasteiger partial charge in [-0.3, -0.25) is 0 Å². The standard InChI is InChI=1S/C16H17N5/c1-2-17-11-14-12-19-21(15-9-6-10-18-20-15)16(14)13-7-4-3-5-8-13/h3-10,12,17H,2,11H2,1H3. The summed E-state index contributed by atoms with van der Waals surface area (Å²) >= 11 is 0. The van der Waals surface area contributed by atoms with Crippen molar-refractivity contribution >= 4 is 0 Å². The van der Waals surface area contributed by atoms with Gasteiger partial charge in [0.05, 0.1) is 11.9 Å². The lowest BCUT2D eigenvalue weighted by Crippen LogP contribution is -2.12. The molecule has 106 valence electrons. The van der Waals surface area contributed by atoms with Gasteiger partial charge in [0.2, 0.25) is 0 Å². The SMILES string of the molecule is CCNCc1cnn(-c2cccnn2)c1-c1ccccc1. The van der Waals surface area contributed by atoms with Crippen LogP contribution in [0.3, 0.4) is 0 Å². The zero-order valence-electron chi connectivity index (χ0n) is 11.9. The van der Waals surface area contributed by atoms with Crippen LogP contribution in [0.25, 0.3) is 17.1 Å². The first-order chi connectivity index (χ1) is 10.4. The Kier molecular flexibility index (Phi) is 4.02. The average Bonchev–Trinajstić information content (AvgIpc) is 2.98. The Balaban J connectivity index is 2.11. The molecule has 1 N–H and O–H groups in total. The van der Waals surface area contributed by atoms with Gasteiger partial charge in [-0.1, -0.05) is 37.3 Å². The Hall–Kier alpha value is -2.53. The molecule has 0 saturated heterocycles. The second-order valence-corrected chi connectivity index (χ2v) is 4.66. The van der Waals surface area contributed by atoms with E-state index in [1.165, 1.54) is 0 Å². The van der Waals surface area contributed by atoms with Crippen LogP contribution in [0.15, 0.2) is 54.9 Å². The van der Waals surface area contributed by atoms with E-state index >= 15 is 0 Å². The molecule has 3 rings (SSSR count). The van der Waals surface area contributed by atoms with Crippen molar-refractivity contribution in [1.29, 1.82) is 0 Å². The topological polar surface area (TPSA) is 55.6 Å². The van der Waals surface area contributed by atoms with Gasteiger partial charge in [0.25, 0.3) is 0 Å². The molecular formula is C16H17N5. The van der Waals surface area contributed by atoms with Crippen molar-refractivity contribution in [3.63, 3.8) is 0 Å². The van der Waals surface area contributed by atoms with Crippen molar-refractivity contribution in [3.05, 3.63) is 60.4 Å². The first-order valence-electron chi connectivity index (χ1n) is 7.01. The van der Waals surface area contributed by atoms with Gasteiger partial charge in [-0.2, -0.15) is 10.2 Å². The summed E-state index contributed by atoms with van der Waals surface area (Å²) in [6, 6.07) is 14.0. The normalized spacial score (nSPS) is 10.7. The largest absolute Gasteiger partial charge is 0.313 e. The molecule has 5 nitrogen and oxygen atoms in total. The third kappa shape index (κ3) is 2.83. The minimum Gasteiger partial charge on any atom is -0.313 e. The van der Waals surface area contributed by atoms with Gasteiger partial charge < -0.3 is 5.32 Å². The van der Waals surface area contributed by atoms with Gasteiger partial charge in [-0.25, -0.2) is 4.68 Å². The van der Waals surface area contributed by atoms with Crippen LogP contribution in [0.5, 0.6) is 0 Å². The molecule has 0 spiro atoms. The van der Waals surface area contributed by atoms with E-state index in [-0.39, 0.29) is 0 Å². The Labute approximate surface area is 123 Å². The summed E-state index contributed by atoms with van der Waals surface area (Å²) in [5.41, 5.74) is 3.32. The highest BCUT2D eigenvalue weighted by Gasteiger charge is 2.14. The minimum absolute atomic E-state index is 0.721. The van der Waals surface area contributed by atoms with Crippen molar-refractivity contribution in [2.24, 2.45) is 0 Å². The van der Waals surface area contributed by atoms with Crippen molar-refractivity contribution < 1.29 is 0 Å². The number of hydrogen-bond donors (Lipinski definition) is 1. The summed E-state index contributed by atoms with van der Waals surface area (Å²) in [6.07, 6.45) is 3.55. The lowest BCUT2D eigenvalue weighted by atomic mass is 10.1. The molecule has 0 atom stereocenters. The maximum atomic E-state index is 4.49. The first-order valence-corrected chi connectivity index (χ1v) is 7.01. The molecule has 1 aromatic carbocycles. The number of hydrogen-bond acceptors (Lipinski definition) is 4. The maximum Gasteiger partial charge on any atom is 0.176 e. The molecule has 0 unspecified atom stereocenters. The lowest BCUT2D eigenvalue weighted by Gasteiger charge is -2.09. The van der Waals surface area contributed by atoms with Gasteiger partial charge >= 0.3 is 0 Å². The minimum atomic E-state index is 0.721. The Bertz CT molecular complexity index is 691. The first kappa shape index (κ1) is 13.5. The number of aromatic nitrogens is 4. The number of nitrogens with zero attached hydrogens (tertiary/aromatic N) is 4. The maximum absolute atomic E-state index is 4.49. The van der Waals surface area contributed by atoms with Crippen LogP contribution in [-0.4, -0.2) is 26.5 Å². The third-order valence-corrected chi connectivity index (χ3v) is 3.23. The molecule has 2 aromatic heterocycles. The van der Waals surface area contributed by atoms with E-state index in [1.54, 1.807) is 6.20 Å². The van der Waals surface area contributed by atoms with Crippen LogP contribution in [0, 0.1) is 0 Å². The second kappa shape index (κ2) is 6.28. The third-order valence-electron chi connectivity index (χ3n) is 3.23. The van der Waals surface area contributed by atoms with Gasteiger partial charge in [0.1, 0.15) is 0 Å². The van der Waals surface area contributed by atoms with E-state index in [1.807, 2.05) is 41.2 Å². The number of benzene rings is 1. The molecule has 0 saturated carbocycles. The van der Waals surface area contributed by atoms with E-state index in [9.17, 15) is 0 Å². The smallest absolute Gasteiger partial charge is 0.176 e. The molecule has 5 heteroatoms. The lowest BCUT2D eigenvalue weighted by molar-refractivity contribution is 0.727. The molecule has 3 aromatic rings. The van der Waals surface area contributed by atoms with E-state index in [0.29, 0.717) is 0 Å². The van der Waals surface area contributed by atoms with Crippen molar-refractivity contribution in [3.8, 4) is 17.1 Å². The van der Waals surface area contributed by atoms with Crippen LogP contribution in [-0.2, 0) is 6.54 Å². The molecule has 0 aliphatic carbocycles. The highest BCUT2D eigenvalue weighted by atomic mass is 15.3. The van der Waals surface area contributed by atoms with Crippen molar-refractivity contribution in [2.45, 2.75) is 13.5 Å². The highest BCUT2D eigenvalue weighted by molar-refractivity contribution is 5.65. The molecule has 0 radical (unpaired) electrons. The summed E-state index contributed by atoms with van der Waals surface area (Å²) < 4.78 is 1.84. The number of rotatable bonds is 5. The van der Waals surface area contributed by atoms with Crippen LogP contribution in [0.1, 0.15) is 12.5 Å². The van der Waals surface area contributed by atoms with E-state index in [2.05, 4.69) is 39.7 Å². The fraction of sp³-hybridized carbons (Fsp3) is 0.188. The van der Waals surface area contributed by atoms with Crippen molar-refractivity contribution in [2.75, 3.05) is 6.54 Å².